The molecule has 0 N–H and O–H groups in total. The molecule has 132 valence electrons. The molecule has 2 aromatic carbocycles. The van der Waals surface area contributed by atoms with Crippen LogP contribution in [0.2, 0.25) is 0 Å². The first-order valence-corrected chi connectivity index (χ1v) is 8.77. The topological polar surface area (TPSA) is 63.7 Å². The number of para-hydroxylation sites is 1. The molecule has 26 heavy (non-hydrogen) atoms. The molecule has 0 spiro atoms. The maximum absolute atomic E-state index is 10.2. The third-order valence-electron chi connectivity index (χ3n) is 4.50. The van der Waals surface area contributed by atoms with Crippen molar-refractivity contribution in [3.8, 4) is 11.8 Å². The van der Waals surface area contributed by atoms with E-state index in [1.807, 2.05) is 49.4 Å². The number of hydrogen-bond donors (Lipinski definition) is 0. The number of rotatable bonds is 8. The first kappa shape index (κ1) is 17.7. The Morgan fingerprint density at radius 1 is 1.12 bits per heavy atom. The van der Waals surface area contributed by atoms with Crippen LogP contribution in [0.25, 0.3) is 0 Å². The van der Waals surface area contributed by atoms with E-state index in [1.165, 1.54) is 11.9 Å². The average Bonchev–Trinajstić information content (AvgIpc) is 3.20. The van der Waals surface area contributed by atoms with Crippen LogP contribution in [0.5, 0.6) is 5.75 Å². The number of benzene rings is 2. The monoisotopic (exact) mass is 346 g/mol. The molecular formula is C21H22N4O. The van der Waals surface area contributed by atoms with Gasteiger partial charge in [-0.2, -0.15) is 10.4 Å². The fraction of sp³-hybridized carbons (Fsp3) is 0.286. The molecule has 3 rings (SSSR count). The Hall–Kier alpha value is -3.13. The van der Waals surface area contributed by atoms with Crippen LogP contribution in [0.1, 0.15) is 24.5 Å². The van der Waals surface area contributed by atoms with Gasteiger partial charge in [0.2, 0.25) is 0 Å². The summed E-state index contributed by atoms with van der Waals surface area (Å²) in [5, 5.41) is 14.5. The average molecular weight is 346 g/mol. The van der Waals surface area contributed by atoms with Crippen molar-refractivity contribution in [3.05, 3.63) is 78.4 Å². The van der Waals surface area contributed by atoms with Crippen LogP contribution in [0.4, 0.5) is 0 Å². The van der Waals surface area contributed by atoms with Crippen molar-refractivity contribution >= 4 is 0 Å². The number of nitriles is 1. The molecule has 0 saturated heterocycles. The Kier molecular flexibility index (Phi) is 5.65. The predicted octanol–water partition coefficient (Wildman–Crippen LogP) is 3.77. The molecule has 0 amide bonds. The highest BCUT2D eigenvalue weighted by Gasteiger charge is 2.36. The van der Waals surface area contributed by atoms with E-state index in [2.05, 4.69) is 28.3 Å². The maximum atomic E-state index is 10.2. The standard InChI is InChI=1S/C21H22N4O/c1-2-26-20-11-7-6-10-19(20)21(14-22,15-25-17-23-16-24-25)13-12-18-8-4-3-5-9-18/h3-11,16-17H,2,12-13,15H2,1H3. The molecular weight excluding hydrogens is 324 g/mol. The van der Waals surface area contributed by atoms with Crippen molar-refractivity contribution in [2.75, 3.05) is 6.61 Å². The van der Waals surface area contributed by atoms with Crippen molar-refractivity contribution in [1.82, 2.24) is 14.8 Å². The molecule has 1 atom stereocenters. The molecule has 1 unspecified atom stereocenters. The number of nitrogens with zero attached hydrogens (tertiary/aromatic N) is 4. The predicted molar refractivity (Wildman–Crippen MR) is 99.7 cm³/mol. The molecule has 5 nitrogen and oxygen atoms in total. The fourth-order valence-electron chi connectivity index (χ4n) is 3.19. The highest BCUT2D eigenvalue weighted by atomic mass is 16.5. The summed E-state index contributed by atoms with van der Waals surface area (Å²) < 4.78 is 7.54. The van der Waals surface area contributed by atoms with Crippen LogP contribution >= 0.6 is 0 Å². The van der Waals surface area contributed by atoms with E-state index < -0.39 is 5.41 Å². The van der Waals surface area contributed by atoms with E-state index in [0.717, 1.165) is 17.7 Å². The normalized spacial score (nSPS) is 12.9. The number of hydrogen-bond acceptors (Lipinski definition) is 4. The van der Waals surface area contributed by atoms with Gasteiger partial charge < -0.3 is 4.74 Å². The van der Waals surface area contributed by atoms with Crippen LogP contribution in [0, 0.1) is 11.3 Å². The maximum Gasteiger partial charge on any atom is 0.137 e. The molecule has 5 heteroatoms. The third kappa shape index (κ3) is 3.92. The summed E-state index contributed by atoms with van der Waals surface area (Å²) in [6, 6.07) is 20.6. The Labute approximate surface area is 153 Å². The van der Waals surface area contributed by atoms with E-state index >= 15 is 0 Å². The van der Waals surface area contributed by atoms with E-state index in [0.29, 0.717) is 19.6 Å². The second-order valence-electron chi connectivity index (χ2n) is 6.20. The lowest BCUT2D eigenvalue weighted by molar-refractivity contribution is 0.319. The van der Waals surface area contributed by atoms with Crippen LogP contribution in [0.15, 0.2) is 67.3 Å². The number of ether oxygens (including phenoxy) is 1. The summed E-state index contributed by atoms with van der Waals surface area (Å²) in [5.74, 6) is 0.754. The zero-order valence-corrected chi connectivity index (χ0v) is 14.9. The molecule has 0 saturated carbocycles. The number of aryl methyl sites for hydroxylation is 1. The minimum absolute atomic E-state index is 0.431. The summed E-state index contributed by atoms with van der Waals surface area (Å²) in [6.07, 6.45) is 4.60. The van der Waals surface area contributed by atoms with Crippen LogP contribution in [-0.4, -0.2) is 21.4 Å². The smallest absolute Gasteiger partial charge is 0.137 e. The lowest BCUT2D eigenvalue weighted by Crippen LogP contribution is -2.32. The van der Waals surface area contributed by atoms with Crippen molar-refractivity contribution in [2.45, 2.75) is 31.7 Å². The largest absolute Gasteiger partial charge is 0.494 e. The second kappa shape index (κ2) is 8.30. The zero-order valence-electron chi connectivity index (χ0n) is 14.9. The lowest BCUT2D eigenvalue weighted by Gasteiger charge is -2.29. The lowest BCUT2D eigenvalue weighted by atomic mass is 9.76. The van der Waals surface area contributed by atoms with Crippen molar-refractivity contribution in [2.24, 2.45) is 0 Å². The fourth-order valence-corrected chi connectivity index (χ4v) is 3.19. The van der Waals surface area contributed by atoms with Gasteiger partial charge in [-0.15, -0.1) is 0 Å². The minimum atomic E-state index is -0.755. The molecule has 0 aliphatic carbocycles. The molecule has 0 radical (unpaired) electrons. The summed E-state index contributed by atoms with van der Waals surface area (Å²) in [6.45, 7) is 2.94. The van der Waals surface area contributed by atoms with E-state index in [-0.39, 0.29) is 0 Å². The minimum Gasteiger partial charge on any atom is -0.494 e. The zero-order chi connectivity index (χ0) is 18.2. The highest BCUT2D eigenvalue weighted by Crippen LogP contribution is 2.37. The molecule has 0 aliphatic heterocycles. The van der Waals surface area contributed by atoms with Crippen LogP contribution in [-0.2, 0) is 18.4 Å². The Balaban J connectivity index is 1.99. The van der Waals surface area contributed by atoms with Gasteiger partial charge in [0.15, 0.2) is 0 Å². The Morgan fingerprint density at radius 3 is 2.58 bits per heavy atom. The first-order chi connectivity index (χ1) is 12.8. The Morgan fingerprint density at radius 2 is 1.88 bits per heavy atom. The summed E-state index contributed by atoms with van der Waals surface area (Å²) in [4.78, 5) is 4.02. The van der Waals surface area contributed by atoms with Crippen molar-refractivity contribution in [1.29, 1.82) is 5.26 Å². The highest BCUT2D eigenvalue weighted by molar-refractivity contribution is 5.44. The van der Waals surface area contributed by atoms with E-state index in [4.69, 9.17) is 4.74 Å². The first-order valence-electron chi connectivity index (χ1n) is 8.77. The molecule has 0 bridgehead atoms. The third-order valence-corrected chi connectivity index (χ3v) is 4.50. The number of aromatic nitrogens is 3. The van der Waals surface area contributed by atoms with Gasteiger partial charge in [0, 0.05) is 5.56 Å². The molecule has 0 aliphatic rings. The van der Waals surface area contributed by atoms with Gasteiger partial charge in [0.25, 0.3) is 0 Å². The van der Waals surface area contributed by atoms with E-state index in [1.54, 1.807) is 11.0 Å². The summed E-state index contributed by atoms with van der Waals surface area (Å²) in [7, 11) is 0. The van der Waals surface area contributed by atoms with Gasteiger partial charge in [-0.25, -0.2) is 4.98 Å². The van der Waals surface area contributed by atoms with Gasteiger partial charge in [-0.1, -0.05) is 48.5 Å². The van der Waals surface area contributed by atoms with Gasteiger partial charge in [-0.3, -0.25) is 4.68 Å². The SMILES string of the molecule is CCOc1ccccc1C(C#N)(CCc1ccccc1)Cn1cncn1. The van der Waals surface area contributed by atoms with E-state index in [9.17, 15) is 5.26 Å². The Bertz CT molecular complexity index is 855. The molecule has 1 aromatic heterocycles. The summed E-state index contributed by atoms with van der Waals surface area (Å²) >= 11 is 0. The van der Waals surface area contributed by atoms with Gasteiger partial charge in [0.05, 0.1) is 19.2 Å². The van der Waals surface area contributed by atoms with Gasteiger partial charge >= 0.3 is 0 Å². The molecule has 1 heterocycles. The second-order valence-corrected chi connectivity index (χ2v) is 6.20. The van der Waals surface area contributed by atoms with Gasteiger partial charge in [-0.05, 0) is 31.4 Å². The quantitative estimate of drug-likeness (QED) is 0.623. The molecule has 3 aromatic rings. The summed E-state index contributed by atoms with van der Waals surface area (Å²) in [5.41, 5.74) is 1.35. The van der Waals surface area contributed by atoms with Crippen LogP contribution in [0.3, 0.4) is 0 Å². The molecule has 0 fully saturated rings. The van der Waals surface area contributed by atoms with Gasteiger partial charge in [0.1, 0.15) is 23.8 Å². The van der Waals surface area contributed by atoms with Crippen molar-refractivity contribution < 1.29 is 4.74 Å². The van der Waals surface area contributed by atoms with Crippen molar-refractivity contribution in [3.63, 3.8) is 0 Å². The van der Waals surface area contributed by atoms with Crippen LogP contribution < -0.4 is 4.74 Å².